The van der Waals surface area contributed by atoms with Crippen molar-refractivity contribution in [2.24, 2.45) is 0 Å². The number of hydrogen-bond acceptors (Lipinski definition) is 1. The third kappa shape index (κ3) is 2.95. The second-order valence-electron chi connectivity index (χ2n) is 2.86. The molecule has 1 aromatic carbocycles. The lowest BCUT2D eigenvalue weighted by molar-refractivity contribution is 0.733. The summed E-state index contributed by atoms with van der Waals surface area (Å²) in [5.41, 5.74) is 1.43. The van der Waals surface area contributed by atoms with E-state index < -0.39 is 0 Å². The van der Waals surface area contributed by atoms with E-state index in [4.69, 9.17) is 0 Å². The van der Waals surface area contributed by atoms with E-state index in [0.29, 0.717) is 5.92 Å². The minimum absolute atomic E-state index is 0. The largest absolute Gasteiger partial charge is 0.344 e. The minimum atomic E-state index is 0. The van der Waals surface area contributed by atoms with E-state index >= 15 is 0 Å². The van der Waals surface area contributed by atoms with Gasteiger partial charge in [-0.1, -0.05) is 41.9 Å². The molecule has 0 aromatic heterocycles. The molecule has 0 aliphatic rings. The van der Waals surface area contributed by atoms with Gasteiger partial charge in [-0.3, -0.25) is 0 Å². The molecule has 68 valence electrons. The third-order valence-electron chi connectivity index (χ3n) is 2.05. The van der Waals surface area contributed by atoms with E-state index in [1.54, 1.807) is 0 Å². The van der Waals surface area contributed by atoms with Crippen LogP contribution in [0.15, 0.2) is 28.7 Å². The summed E-state index contributed by atoms with van der Waals surface area (Å²) in [5.74, 6) is 0.683. The monoisotopic (exact) mass is 229 g/mol. The van der Waals surface area contributed by atoms with Gasteiger partial charge in [0.2, 0.25) is 0 Å². The van der Waals surface area contributed by atoms with Crippen LogP contribution < -0.4 is 6.15 Å². The van der Waals surface area contributed by atoms with Crippen LogP contribution in [0.4, 0.5) is 0 Å². The molecule has 0 saturated carbocycles. The van der Waals surface area contributed by atoms with Crippen molar-refractivity contribution in [3.8, 4) is 0 Å². The van der Waals surface area contributed by atoms with Crippen molar-refractivity contribution in [3.63, 3.8) is 0 Å². The van der Waals surface area contributed by atoms with Crippen molar-refractivity contribution < 1.29 is 0 Å². The molecular formula is C10H16BrN. The predicted molar refractivity (Wildman–Crippen MR) is 57.9 cm³/mol. The molecule has 12 heavy (non-hydrogen) atoms. The van der Waals surface area contributed by atoms with Crippen molar-refractivity contribution in [1.82, 2.24) is 6.15 Å². The molecular weight excluding hydrogens is 214 g/mol. The first kappa shape index (κ1) is 11.7. The Morgan fingerprint density at radius 2 is 1.75 bits per heavy atom. The van der Waals surface area contributed by atoms with Crippen LogP contribution in [0.3, 0.4) is 0 Å². The molecule has 0 aliphatic carbocycles. The van der Waals surface area contributed by atoms with E-state index in [9.17, 15) is 0 Å². The molecule has 1 aromatic rings. The smallest absolute Gasteiger partial charge is 0.0175 e. The lowest BCUT2D eigenvalue weighted by Crippen LogP contribution is -1.89. The highest BCUT2D eigenvalue weighted by Gasteiger charge is 2.00. The van der Waals surface area contributed by atoms with Crippen LogP contribution in [0.1, 0.15) is 31.7 Å². The summed E-state index contributed by atoms with van der Waals surface area (Å²) in [5, 5.41) is 0. The molecule has 0 heterocycles. The van der Waals surface area contributed by atoms with Crippen LogP contribution in [0.5, 0.6) is 0 Å². The van der Waals surface area contributed by atoms with Crippen LogP contribution in [0, 0.1) is 0 Å². The molecule has 0 bridgehead atoms. The molecule has 2 heteroatoms. The maximum Gasteiger partial charge on any atom is 0.0175 e. The molecule has 0 spiro atoms. The first-order valence-electron chi connectivity index (χ1n) is 3.99. The second-order valence-corrected chi connectivity index (χ2v) is 3.78. The average Bonchev–Trinajstić information content (AvgIpc) is 2.05. The molecule has 0 aliphatic heterocycles. The molecule has 0 radical (unpaired) electrons. The summed E-state index contributed by atoms with van der Waals surface area (Å²) < 4.78 is 1.16. The first-order valence-corrected chi connectivity index (χ1v) is 4.78. The molecule has 0 amide bonds. The molecule has 1 atom stereocenters. The highest BCUT2D eigenvalue weighted by Crippen LogP contribution is 2.20. The Kier molecular flexibility index (Phi) is 5.18. The summed E-state index contributed by atoms with van der Waals surface area (Å²) in [6.45, 7) is 4.47. The molecule has 3 N–H and O–H groups in total. The normalized spacial score (nSPS) is 11.9. The Balaban J connectivity index is 0.00000121. The maximum absolute atomic E-state index is 3.42. The Morgan fingerprint density at radius 3 is 2.17 bits per heavy atom. The Labute approximate surface area is 82.9 Å². The van der Waals surface area contributed by atoms with Crippen LogP contribution in [-0.2, 0) is 0 Å². The van der Waals surface area contributed by atoms with Crippen LogP contribution in [0.2, 0.25) is 0 Å². The van der Waals surface area contributed by atoms with Gasteiger partial charge >= 0.3 is 0 Å². The van der Waals surface area contributed by atoms with Crippen molar-refractivity contribution in [2.45, 2.75) is 26.2 Å². The van der Waals surface area contributed by atoms with E-state index in [1.165, 1.54) is 12.0 Å². The van der Waals surface area contributed by atoms with Crippen molar-refractivity contribution in [3.05, 3.63) is 34.3 Å². The Hall–Kier alpha value is -0.340. The predicted octanol–water partition coefficient (Wildman–Crippen LogP) is 4.12. The van der Waals surface area contributed by atoms with Crippen LogP contribution in [-0.4, -0.2) is 0 Å². The highest BCUT2D eigenvalue weighted by molar-refractivity contribution is 9.10. The summed E-state index contributed by atoms with van der Waals surface area (Å²) in [4.78, 5) is 0. The zero-order valence-electron chi connectivity index (χ0n) is 7.68. The van der Waals surface area contributed by atoms with Gasteiger partial charge in [-0.2, -0.15) is 0 Å². The summed E-state index contributed by atoms with van der Waals surface area (Å²) >= 11 is 3.42. The highest BCUT2D eigenvalue weighted by atomic mass is 79.9. The number of hydrogen-bond donors (Lipinski definition) is 1. The van der Waals surface area contributed by atoms with E-state index in [0.717, 1.165) is 4.47 Å². The SMILES string of the molecule is CCC(C)c1ccc(Br)cc1.N. The minimum Gasteiger partial charge on any atom is -0.344 e. The summed E-state index contributed by atoms with van der Waals surface area (Å²) in [6.07, 6.45) is 1.21. The fraction of sp³-hybridized carbons (Fsp3) is 0.400. The van der Waals surface area contributed by atoms with Gasteiger partial charge < -0.3 is 6.15 Å². The maximum atomic E-state index is 3.42. The van der Waals surface area contributed by atoms with Gasteiger partial charge in [-0.15, -0.1) is 0 Å². The van der Waals surface area contributed by atoms with Crippen molar-refractivity contribution in [2.75, 3.05) is 0 Å². The topological polar surface area (TPSA) is 35.0 Å². The fourth-order valence-electron chi connectivity index (χ4n) is 1.03. The van der Waals surface area contributed by atoms with Crippen LogP contribution in [0.25, 0.3) is 0 Å². The van der Waals surface area contributed by atoms with Gasteiger partial charge in [0.05, 0.1) is 0 Å². The fourth-order valence-corrected chi connectivity index (χ4v) is 1.29. The molecule has 0 saturated heterocycles. The summed E-state index contributed by atoms with van der Waals surface area (Å²) in [6, 6.07) is 8.56. The van der Waals surface area contributed by atoms with Gasteiger partial charge in [0.15, 0.2) is 0 Å². The number of benzene rings is 1. The molecule has 1 nitrogen and oxygen atoms in total. The zero-order chi connectivity index (χ0) is 8.27. The van der Waals surface area contributed by atoms with Crippen LogP contribution >= 0.6 is 15.9 Å². The molecule has 0 fully saturated rings. The number of halogens is 1. The molecule has 1 unspecified atom stereocenters. The number of rotatable bonds is 2. The van der Waals surface area contributed by atoms with Gasteiger partial charge in [0, 0.05) is 4.47 Å². The van der Waals surface area contributed by atoms with Crippen molar-refractivity contribution in [1.29, 1.82) is 0 Å². The standard InChI is InChI=1S/C10H13Br.H3N/c1-3-8(2)9-4-6-10(11)7-5-9;/h4-8H,3H2,1-2H3;1H3. The lowest BCUT2D eigenvalue weighted by atomic mass is 9.99. The van der Waals surface area contributed by atoms with Gasteiger partial charge in [-0.05, 0) is 30.0 Å². The van der Waals surface area contributed by atoms with Crippen molar-refractivity contribution >= 4 is 15.9 Å². The quantitative estimate of drug-likeness (QED) is 0.814. The first-order chi connectivity index (χ1) is 5.24. The summed E-state index contributed by atoms with van der Waals surface area (Å²) in [7, 11) is 0. The molecule has 1 rings (SSSR count). The van der Waals surface area contributed by atoms with Gasteiger partial charge in [0.1, 0.15) is 0 Å². The zero-order valence-corrected chi connectivity index (χ0v) is 9.26. The van der Waals surface area contributed by atoms with E-state index in [1.807, 2.05) is 0 Å². The average molecular weight is 230 g/mol. The Bertz CT molecular complexity index is 218. The lowest BCUT2D eigenvalue weighted by Gasteiger charge is -2.07. The van der Waals surface area contributed by atoms with E-state index in [2.05, 4.69) is 54.0 Å². The third-order valence-corrected chi connectivity index (χ3v) is 2.58. The second kappa shape index (κ2) is 5.33. The van der Waals surface area contributed by atoms with Gasteiger partial charge in [-0.25, -0.2) is 0 Å². The Morgan fingerprint density at radius 1 is 1.25 bits per heavy atom. The van der Waals surface area contributed by atoms with Gasteiger partial charge in [0.25, 0.3) is 0 Å². The van der Waals surface area contributed by atoms with E-state index in [-0.39, 0.29) is 6.15 Å².